The average Bonchev–Trinajstić information content (AvgIpc) is 3.40. The summed E-state index contributed by atoms with van der Waals surface area (Å²) in [7, 11) is 0. The van der Waals surface area contributed by atoms with Gasteiger partial charge in [0.25, 0.3) is 0 Å². The minimum Gasteiger partial charge on any atom is -0.351 e. The summed E-state index contributed by atoms with van der Waals surface area (Å²) < 4.78 is 1.20. The van der Waals surface area contributed by atoms with E-state index < -0.39 is 0 Å². The van der Waals surface area contributed by atoms with Crippen LogP contribution in [0.3, 0.4) is 0 Å². The third kappa shape index (κ3) is 3.61. The SMILES string of the molecule is Cc1nc2cc(Nc3cc(-c4ccccc4)nc(NC4CC4)n3)ccc2s1. The maximum Gasteiger partial charge on any atom is 0.225 e. The Labute approximate surface area is 161 Å². The van der Waals surface area contributed by atoms with E-state index in [0.717, 1.165) is 33.3 Å². The van der Waals surface area contributed by atoms with Crippen molar-refractivity contribution in [2.24, 2.45) is 0 Å². The molecule has 2 heterocycles. The Morgan fingerprint density at radius 1 is 0.963 bits per heavy atom. The van der Waals surface area contributed by atoms with Gasteiger partial charge in [-0.05, 0) is 38.0 Å². The number of nitrogens with one attached hydrogen (secondary N) is 2. The van der Waals surface area contributed by atoms with E-state index in [2.05, 4.69) is 50.9 Å². The zero-order chi connectivity index (χ0) is 18.2. The zero-order valence-electron chi connectivity index (χ0n) is 14.9. The Morgan fingerprint density at radius 2 is 1.81 bits per heavy atom. The highest BCUT2D eigenvalue weighted by Crippen LogP contribution is 2.29. The minimum atomic E-state index is 0.498. The van der Waals surface area contributed by atoms with Crippen LogP contribution in [-0.2, 0) is 0 Å². The summed E-state index contributed by atoms with van der Waals surface area (Å²) in [6.45, 7) is 2.03. The Balaban J connectivity index is 1.51. The molecule has 1 fully saturated rings. The number of aryl methyl sites for hydroxylation is 1. The Hall–Kier alpha value is -2.99. The van der Waals surface area contributed by atoms with Gasteiger partial charge in [0.1, 0.15) is 5.82 Å². The topological polar surface area (TPSA) is 62.7 Å². The molecule has 0 bridgehead atoms. The highest BCUT2D eigenvalue weighted by molar-refractivity contribution is 7.18. The summed E-state index contributed by atoms with van der Waals surface area (Å²) in [5.74, 6) is 1.45. The third-order valence-electron chi connectivity index (χ3n) is 4.47. The van der Waals surface area contributed by atoms with Gasteiger partial charge in [-0.3, -0.25) is 0 Å². The number of aromatic nitrogens is 3. The lowest BCUT2D eigenvalue weighted by Crippen LogP contribution is -2.07. The van der Waals surface area contributed by atoms with E-state index in [1.165, 1.54) is 17.5 Å². The maximum atomic E-state index is 4.71. The summed E-state index contributed by atoms with van der Waals surface area (Å²) in [5.41, 5.74) is 3.97. The summed E-state index contributed by atoms with van der Waals surface area (Å²) in [6, 6.07) is 18.9. The zero-order valence-corrected chi connectivity index (χ0v) is 15.8. The van der Waals surface area contributed by atoms with E-state index in [0.29, 0.717) is 12.0 Å². The Bertz CT molecular complexity index is 1100. The Morgan fingerprint density at radius 3 is 2.63 bits per heavy atom. The first-order valence-electron chi connectivity index (χ1n) is 9.08. The van der Waals surface area contributed by atoms with Crippen LogP contribution in [0.1, 0.15) is 17.8 Å². The monoisotopic (exact) mass is 373 g/mol. The van der Waals surface area contributed by atoms with Crippen LogP contribution in [0.2, 0.25) is 0 Å². The molecule has 5 rings (SSSR count). The Kier molecular flexibility index (Phi) is 3.98. The van der Waals surface area contributed by atoms with Crippen LogP contribution in [0.25, 0.3) is 21.5 Å². The van der Waals surface area contributed by atoms with Crippen LogP contribution in [0.5, 0.6) is 0 Å². The lowest BCUT2D eigenvalue weighted by Gasteiger charge is -2.11. The lowest BCUT2D eigenvalue weighted by atomic mass is 10.1. The minimum absolute atomic E-state index is 0.498. The van der Waals surface area contributed by atoms with Crippen molar-refractivity contribution in [1.82, 2.24) is 15.0 Å². The van der Waals surface area contributed by atoms with Gasteiger partial charge in [-0.2, -0.15) is 4.98 Å². The van der Waals surface area contributed by atoms with E-state index in [1.807, 2.05) is 31.2 Å². The number of thiazole rings is 1. The fourth-order valence-corrected chi connectivity index (χ4v) is 3.82. The predicted octanol–water partition coefficient (Wildman–Crippen LogP) is 5.38. The molecule has 0 unspecified atom stereocenters. The second-order valence-electron chi connectivity index (χ2n) is 6.79. The molecule has 134 valence electrons. The third-order valence-corrected chi connectivity index (χ3v) is 5.43. The molecule has 5 nitrogen and oxygen atoms in total. The number of nitrogens with zero attached hydrogens (tertiary/aromatic N) is 3. The first-order valence-corrected chi connectivity index (χ1v) is 9.90. The number of benzene rings is 2. The smallest absolute Gasteiger partial charge is 0.225 e. The number of fused-ring (bicyclic) bond motifs is 1. The highest BCUT2D eigenvalue weighted by atomic mass is 32.1. The molecule has 1 aliphatic carbocycles. The first kappa shape index (κ1) is 16.2. The van der Waals surface area contributed by atoms with E-state index >= 15 is 0 Å². The molecule has 0 aliphatic heterocycles. The second-order valence-corrected chi connectivity index (χ2v) is 8.02. The average molecular weight is 373 g/mol. The van der Waals surface area contributed by atoms with Crippen molar-refractivity contribution >= 4 is 39.0 Å². The highest BCUT2D eigenvalue weighted by Gasteiger charge is 2.22. The van der Waals surface area contributed by atoms with Crippen molar-refractivity contribution < 1.29 is 0 Å². The molecule has 27 heavy (non-hydrogen) atoms. The number of rotatable bonds is 5. The van der Waals surface area contributed by atoms with Gasteiger partial charge in [0.15, 0.2) is 0 Å². The molecule has 1 aliphatic rings. The van der Waals surface area contributed by atoms with Crippen molar-refractivity contribution in [3.8, 4) is 11.3 Å². The fraction of sp³-hybridized carbons (Fsp3) is 0.190. The molecule has 0 spiro atoms. The molecule has 2 N–H and O–H groups in total. The van der Waals surface area contributed by atoms with Crippen molar-refractivity contribution in [3.63, 3.8) is 0 Å². The van der Waals surface area contributed by atoms with Crippen molar-refractivity contribution in [3.05, 3.63) is 59.6 Å². The fourth-order valence-electron chi connectivity index (χ4n) is 3.01. The van der Waals surface area contributed by atoms with Crippen LogP contribution < -0.4 is 10.6 Å². The van der Waals surface area contributed by atoms with Crippen LogP contribution in [0.4, 0.5) is 17.5 Å². The van der Waals surface area contributed by atoms with E-state index in [4.69, 9.17) is 4.98 Å². The van der Waals surface area contributed by atoms with Crippen LogP contribution in [0, 0.1) is 6.92 Å². The number of anilines is 3. The summed E-state index contributed by atoms with van der Waals surface area (Å²) in [5, 5.41) is 7.91. The van der Waals surface area contributed by atoms with E-state index in [-0.39, 0.29) is 0 Å². The lowest BCUT2D eigenvalue weighted by molar-refractivity contribution is 1.06. The first-order chi connectivity index (χ1) is 13.2. The summed E-state index contributed by atoms with van der Waals surface area (Å²) in [4.78, 5) is 14.0. The standard InChI is InChI=1S/C21H19N5S/c1-13-22-18-11-16(9-10-19(18)27-13)23-20-12-17(14-5-3-2-4-6-14)25-21(26-20)24-15-7-8-15/h2-6,9-12,15H,7-8H2,1H3,(H2,23,24,25,26). The van der Waals surface area contributed by atoms with Gasteiger partial charge < -0.3 is 10.6 Å². The molecule has 0 saturated heterocycles. The molecule has 2 aromatic carbocycles. The van der Waals surface area contributed by atoms with E-state index in [1.54, 1.807) is 11.3 Å². The largest absolute Gasteiger partial charge is 0.351 e. The molecular formula is C21H19N5S. The van der Waals surface area contributed by atoms with Gasteiger partial charge in [-0.25, -0.2) is 9.97 Å². The van der Waals surface area contributed by atoms with Crippen LogP contribution >= 0.6 is 11.3 Å². The summed E-state index contributed by atoms with van der Waals surface area (Å²) in [6.07, 6.45) is 2.36. The molecule has 2 aromatic heterocycles. The van der Waals surface area contributed by atoms with Gasteiger partial charge in [0, 0.05) is 23.4 Å². The molecule has 0 atom stereocenters. The molecule has 1 saturated carbocycles. The number of hydrogen-bond acceptors (Lipinski definition) is 6. The quantitative estimate of drug-likeness (QED) is 0.492. The van der Waals surface area contributed by atoms with Gasteiger partial charge in [0.05, 0.1) is 20.9 Å². The normalized spacial score (nSPS) is 13.7. The summed E-state index contributed by atoms with van der Waals surface area (Å²) >= 11 is 1.71. The molecule has 0 amide bonds. The maximum absolute atomic E-state index is 4.71. The van der Waals surface area contributed by atoms with Crippen molar-refractivity contribution in [2.75, 3.05) is 10.6 Å². The van der Waals surface area contributed by atoms with Crippen molar-refractivity contribution in [2.45, 2.75) is 25.8 Å². The van der Waals surface area contributed by atoms with E-state index in [9.17, 15) is 0 Å². The number of hydrogen-bond donors (Lipinski definition) is 2. The van der Waals surface area contributed by atoms with Gasteiger partial charge in [0.2, 0.25) is 5.95 Å². The van der Waals surface area contributed by atoms with Crippen LogP contribution in [0.15, 0.2) is 54.6 Å². The molecule has 6 heteroatoms. The molecular weight excluding hydrogens is 354 g/mol. The second kappa shape index (κ2) is 6.63. The van der Waals surface area contributed by atoms with Crippen molar-refractivity contribution in [1.29, 1.82) is 0 Å². The van der Waals surface area contributed by atoms with Gasteiger partial charge in [-0.1, -0.05) is 30.3 Å². The van der Waals surface area contributed by atoms with Crippen LogP contribution in [-0.4, -0.2) is 21.0 Å². The molecule has 0 radical (unpaired) electrons. The predicted molar refractivity (Wildman–Crippen MR) is 112 cm³/mol. The van der Waals surface area contributed by atoms with Gasteiger partial charge >= 0.3 is 0 Å². The van der Waals surface area contributed by atoms with Gasteiger partial charge in [-0.15, -0.1) is 11.3 Å². The molecule has 4 aromatic rings.